The van der Waals surface area contributed by atoms with Gasteiger partial charge in [0.05, 0.1) is 4.47 Å². The summed E-state index contributed by atoms with van der Waals surface area (Å²) in [5.74, 6) is 0.399. The summed E-state index contributed by atoms with van der Waals surface area (Å²) in [5.41, 5.74) is 0. The fraction of sp³-hybridized carbons (Fsp3) is 0. The average Bonchev–Trinajstić information content (AvgIpc) is 2.25. The molecule has 0 bridgehead atoms. The van der Waals surface area contributed by atoms with Gasteiger partial charge in [0.25, 0.3) is 0 Å². The van der Waals surface area contributed by atoms with Crippen LogP contribution in [0, 0.1) is 5.82 Å². The van der Waals surface area contributed by atoms with Crippen molar-refractivity contribution >= 4 is 27.5 Å². The average molecular weight is 304 g/mol. The number of hydrogen-bond acceptors (Lipinski definition) is 3. The molecule has 0 fully saturated rings. The summed E-state index contributed by atoms with van der Waals surface area (Å²) in [5, 5.41) is 7.62. The van der Waals surface area contributed by atoms with Crippen LogP contribution in [0.4, 0.5) is 4.39 Å². The van der Waals surface area contributed by atoms with Gasteiger partial charge in [0, 0.05) is 6.07 Å². The Kier molecular flexibility index (Phi) is 3.36. The maximum atomic E-state index is 12.8. The van der Waals surface area contributed by atoms with Crippen LogP contribution in [0.25, 0.3) is 0 Å². The van der Waals surface area contributed by atoms with E-state index in [4.69, 9.17) is 16.3 Å². The zero-order chi connectivity index (χ0) is 11.5. The lowest BCUT2D eigenvalue weighted by molar-refractivity contribution is 0.451. The van der Waals surface area contributed by atoms with Crippen LogP contribution in [0.5, 0.6) is 11.6 Å². The summed E-state index contributed by atoms with van der Waals surface area (Å²) in [6, 6.07) is 7.23. The Morgan fingerprint density at radius 3 is 2.62 bits per heavy atom. The van der Waals surface area contributed by atoms with E-state index in [2.05, 4.69) is 26.1 Å². The molecule has 0 aliphatic heterocycles. The molecule has 6 heteroatoms. The van der Waals surface area contributed by atoms with Gasteiger partial charge in [-0.1, -0.05) is 11.6 Å². The summed E-state index contributed by atoms with van der Waals surface area (Å²) in [7, 11) is 0. The van der Waals surface area contributed by atoms with Gasteiger partial charge in [0.15, 0.2) is 5.15 Å². The van der Waals surface area contributed by atoms with Gasteiger partial charge in [-0.3, -0.25) is 0 Å². The molecule has 0 atom stereocenters. The van der Waals surface area contributed by atoms with Crippen LogP contribution in [0.2, 0.25) is 5.15 Å². The maximum absolute atomic E-state index is 12.8. The normalized spacial score (nSPS) is 10.2. The first-order chi connectivity index (χ1) is 7.65. The SMILES string of the molecule is Fc1ccc(Oc2ccc(Cl)nn2)c(Br)c1. The van der Waals surface area contributed by atoms with Crippen LogP contribution in [-0.2, 0) is 0 Å². The van der Waals surface area contributed by atoms with E-state index in [1.807, 2.05) is 0 Å². The van der Waals surface area contributed by atoms with E-state index < -0.39 is 0 Å². The van der Waals surface area contributed by atoms with Crippen LogP contribution in [0.15, 0.2) is 34.8 Å². The van der Waals surface area contributed by atoms with Crippen molar-refractivity contribution in [2.45, 2.75) is 0 Å². The largest absolute Gasteiger partial charge is 0.436 e. The molecule has 3 nitrogen and oxygen atoms in total. The molecule has 2 aromatic rings. The van der Waals surface area contributed by atoms with Crippen LogP contribution < -0.4 is 4.74 Å². The first-order valence-electron chi connectivity index (χ1n) is 4.27. The molecule has 0 aliphatic rings. The minimum Gasteiger partial charge on any atom is -0.436 e. The van der Waals surface area contributed by atoms with Gasteiger partial charge in [0.1, 0.15) is 11.6 Å². The highest BCUT2D eigenvalue weighted by Gasteiger charge is 2.05. The molecule has 82 valence electrons. The standard InChI is InChI=1S/C10H5BrClFN2O/c11-7-5-6(13)1-2-8(7)16-10-4-3-9(12)14-15-10/h1-5H. The Balaban J connectivity index is 2.23. The smallest absolute Gasteiger partial charge is 0.238 e. The lowest BCUT2D eigenvalue weighted by Crippen LogP contribution is -1.91. The van der Waals surface area contributed by atoms with Gasteiger partial charge < -0.3 is 4.74 Å². The van der Waals surface area contributed by atoms with Gasteiger partial charge in [-0.05, 0) is 40.2 Å². The van der Waals surface area contributed by atoms with Crippen molar-refractivity contribution in [1.29, 1.82) is 0 Å². The predicted molar refractivity (Wildman–Crippen MR) is 61.2 cm³/mol. The minimum atomic E-state index is -0.346. The van der Waals surface area contributed by atoms with Crippen LogP contribution in [0.1, 0.15) is 0 Å². The predicted octanol–water partition coefficient (Wildman–Crippen LogP) is 3.82. The van der Waals surface area contributed by atoms with Gasteiger partial charge in [-0.2, -0.15) is 0 Å². The molecular formula is C10H5BrClFN2O. The third-order valence-corrected chi connectivity index (χ3v) is 2.54. The van der Waals surface area contributed by atoms with Crippen molar-refractivity contribution in [3.05, 3.63) is 45.8 Å². The molecule has 0 saturated carbocycles. The number of aromatic nitrogens is 2. The highest BCUT2D eigenvalue weighted by Crippen LogP contribution is 2.29. The second-order valence-electron chi connectivity index (χ2n) is 2.87. The fourth-order valence-corrected chi connectivity index (χ4v) is 1.56. The number of rotatable bonds is 2. The number of benzene rings is 1. The molecule has 0 spiro atoms. The number of ether oxygens (including phenoxy) is 1. The Bertz CT molecular complexity index is 507. The van der Waals surface area contributed by atoms with Gasteiger partial charge in [-0.15, -0.1) is 10.2 Å². The summed E-state index contributed by atoms with van der Waals surface area (Å²) in [6.07, 6.45) is 0. The highest BCUT2D eigenvalue weighted by atomic mass is 79.9. The van der Waals surface area contributed by atoms with E-state index >= 15 is 0 Å². The van der Waals surface area contributed by atoms with Crippen molar-refractivity contribution in [3.8, 4) is 11.6 Å². The summed E-state index contributed by atoms with van der Waals surface area (Å²) >= 11 is 8.76. The second kappa shape index (κ2) is 4.76. The summed E-state index contributed by atoms with van der Waals surface area (Å²) < 4.78 is 18.7. The third-order valence-electron chi connectivity index (χ3n) is 1.72. The molecule has 0 amide bonds. The van der Waals surface area contributed by atoms with E-state index in [0.29, 0.717) is 10.2 Å². The van der Waals surface area contributed by atoms with Crippen LogP contribution in [0.3, 0.4) is 0 Å². The molecule has 0 saturated heterocycles. The molecule has 1 heterocycles. The lowest BCUT2D eigenvalue weighted by atomic mass is 10.3. The molecule has 0 aliphatic carbocycles. The number of hydrogen-bond donors (Lipinski definition) is 0. The lowest BCUT2D eigenvalue weighted by Gasteiger charge is -2.05. The van der Waals surface area contributed by atoms with Gasteiger partial charge >= 0.3 is 0 Å². The van der Waals surface area contributed by atoms with Crippen molar-refractivity contribution in [2.24, 2.45) is 0 Å². The van der Waals surface area contributed by atoms with E-state index in [9.17, 15) is 4.39 Å². The topological polar surface area (TPSA) is 35.0 Å². The summed E-state index contributed by atoms with van der Waals surface area (Å²) in [6.45, 7) is 0. The highest BCUT2D eigenvalue weighted by molar-refractivity contribution is 9.10. The Morgan fingerprint density at radius 1 is 1.19 bits per heavy atom. The molecule has 2 rings (SSSR count). The maximum Gasteiger partial charge on any atom is 0.238 e. The zero-order valence-corrected chi connectivity index (χ0v) is 10.2. The van der Waals surface area contributed by atoms with Gasteiger partial charge in [-0.25, -0.2) is 4.39 Å². The fourth-order valence-electron chi connectivity index (χ4n) is 1.03. The first kappa shape index (κ1) is 11.3. The molecule has 0 N–H and O–H groups in total. The first-order valence-corrected chi connectivity index (χ1v) is 5.44. The Labute approximate surface area is 104 Å². The monoisotopic (exact) mass is 302 g/mol. The van der Waals surface area contributed by atoms with Crippen molar-refractivity contribution in [1.82, 2.24) is 10.2 Å². The Morgan fingerprint density at radius 2 is 2.00 bits per heavy atom. The summed E-state index contributed by atoms with van der Waals surface area (Å²) in [4.78, 5) is 0. The molecule has 0 unspecified atom stereocenters. The molecule has 1 aromatic heterocycles. The molecule has 0 radical (unpaired) electrons. The number of halogens is 3. The van der Waals surface area contributed by atoms with Gasteiger partial charge in [0.2, 0.25) is 5.88 Å². The van der Waals surface area contributed by atoms with Crippen LogP contribution in [-0.4, -0.2) is 10.2 Å². The molecule has 1 aromatic carbocycles. The quantitative estimate of drug-likeness (QED) is 0.846. The van der Waals surface area contributed by atoms with E-state index in [1.54, 1.807) is 12.1 Å². The third kappa shape index (κ3) is 2.68. The van der Waals surface area contributed by atoms with E-state index in [0.717, 1.165) is 0 Å². The van der Waals surface area contributed by atoms with Crippen molar-refractivity contribution in [3.63, 3.8) is 0 Å². The number of nitrogens with zero attached hydrogens (tertiary/aromatic N) is 2. The van der Waals surface area contributed by atoms with Crippen molar-refractivity contribution in [2.75, 3.05) is 0 Å². The Hall–Kier alpha value is -1.20. The second-order valence-corrected chi connectivity index (χ2v) is 4.11. The minimum absolute atomic E-state index is 0.283. The zero-order valence-electron chi connectivity index (χ0n) is 7.82. The molecular weight excluding hydrogens is 298 g/mol. The van der Waals surface area contributed by atoms with E-state index in [1.165, 1.54) is 18.2 Å². The van der Waals surface area contributed by atoms with Crippen molar-refractivity contribution < 1.29 is 9.13 Å². The molecule has 16 heavy (non-hydrogen) atoms. The van der Waals surface area contributed by atoms with Crippen LogP contribution >= 0.6 is 27.5 Å². The van der Waals surface area contributed by atoms with E-state index in [-0.39, 0.29) is 16.9 Å².